The Kier molecular flexibility index (Phi) is 6.63. The van der Waals surface area contributed by atoms with Gasteiger partial charge in [-0.3, -0.25) is 4.98 Å². The number of nitrogens with one attached hydrogen (secondary N) is 1. The molecule has 1 aromatic carbocycles. The van der Waals surface area contributed by atoms with Crippen LogP contribution in [0.1, 0.15) is 18.1 Å². The maximum Gasteiger partial charge on any atom is 0.321 e. The van der Waals surface area contributed by atoms with Gasteiger partial charge in [0.15, 0.2) is 0 Å². The van der Waals surface area contributed by atoms with Crippen molar-refractivity contribution in [2.75, 3.05) is 13.1 Å². The number of likely N-dealkylation sites (N-methyl/N-ethyl adjacent to an activating group) is 1. The summed E-state index contributed by atoms with van der Waals surface area (Å²) in [6, 6.07) is 11.3. The minimum absolute atomic E-state index is 0.111. The highest BCUT2D eigenvalue weighted by atomic mass is 35.5. The van der Waals surface area contributed by atoms with E-state index in [-0.39, 0.29) is 6.03 Å². The summed E-state index contributed by atoms with van der Waals surface area (Å²) in [4.78, 5) is 17.9. The summed E-state index contributed by atoms with van der Waals surface area (Å²) in [5, 5.41) is 3.46. The highest BCUT2D eigenvalue weighted by molar-refractivity contribution is 6.30. The van der Waals surface area contributed by atoms with Crippen LogP contribution in [0.2, 0.25) is 5.02 Å². The molecule has 2 aromatic rings. The quantitative estimate of drug-likeness (QED) is 0.871. The zero-order chi connectivity index (χ0) is 16.5. The number of halogens is 1. The molecule has 1 N–H and O–H groups in total. The molecule has 4 nitrogen and oxygen atoms in total. The Balaban J connectivity index is 1.85. The number of urea groups is 1. The minimum Gasteiger partial charge on any atom is -0.324 e. The second-order valence-corrected chi connectivity index (χ2v) is 5.46. The highest BCUT2D eigenvalue weighted by Crippen LogP contribution is 2.11. The number of pyridine rings is 1. The molecule has 0 radical (unpaired) electrons. The van der Waals surface area contributed by atoms with Gasteiger partial charge < -0.3 is 10.2 Å². The molecule has 0 bridgehead atoms. The molecule has 23 heavy (non-hydrogen) atoms. The fraction of sp³-hybridized carbons (Fsp3) is 0.222. The van der Waals surface area contributed by atoms with E-state index < -0.39 is 0 Å². The zero-order valence-electron chi connectivity index (χ0n) is 13.1. The van der Waals surface area contributed by atoms with Gasteiger partial charge in [-0.05, 0) is 54.8 Å². The van der Waals surface area contributed by atoms with Crippen molar-refractivity contribution in [3.63, 3.8) is 0 Å². The van der Waals surface area contributed by atoms with Crippen molar-refractivity contribution < 1.29 is 4.79 Å². The lowest BCUT2D eigenvalue weighted by Gasteiger charge is -2.20. The summed E-state index contributed by atoms with van der Waals surface area (Å²) in [7, 11) is 0. The first kappa shape index (κ1) is 17.0. The first-order valence-corrected chi connectivity index (χ1v) is 7.93. The first-order chi connectivity index (χ1) is 11.2. The summed E-state index contributed by atoms with van der Waals surface area (Å²) >= 11 is 5.92. The van der Waals surface area contributed by atoms with Gasteiger partial charge in [-0.25, -0.2) is 4.79 Å². The van der Waals surface area contributed by atoms with E-state index in [2.05, 4.69) is 10.3 Å². The van der Waals surface area contributed by atoms with Crippen LogP contribution in [-0.2, 0) is 6.42 Å². The van der Waals surface area contributed by atoms with Gasteiger partial charge >= 0.3 is 6.03 Å². The molecule has 0 atom stereocenters. The number of hydrogen-bond donors (Lipinski definition) is 1. The van der Waals surface area contributed by atoms with Gasteiger partial charge in [0.2, 0.25) is 0 Å². The molecule has 2 amide bonds. The largest absolute Gasteiger partial charge is 0.324 e. The number of carbonyl (C=O) groups excluding carboxylic acids is 1. The first-order valence-electron chi connectivity index (χ1n) is 7.55. The molecule has 0 aliphatic rings. The molecule has 5 heteroatoms. The van der Waals surface area contributed by atoms with Crippen molar-refractivity contribution in [1.29, 1.82) is 0 Å². The highest BCUT2D eigenvalue weighted by Gasteiger charge is 2.09. The van der Waals surface area contributed by atoms with Crippen LogP contribution in [-0.4, -0.2) is 29.0 Å². The second-order valence-electron chi connectivity index (χ2n) is 5.02. The van der Waals surface area contributed by atoms with Gasteiger partial charge in [-0.1, -0.05) is 23.7 Å². The smallest absolute Gasteiger partial charge is 0.321 e. The van der Waals surface area contributed by atoms with Crippen LogP contribution in [0.3, 0.4) is 0 Å². The lowest BCUT2D eigenvalue weighted by Crippen LogP contribution is -2.38. The van der Waals surface area contributed by atoms with E-state index in [0.29, 0.717) is 18.1 Å². The second kappa shape index (κ2) is 8.96. The summed E-state index contributed by atoms with van der Waals surface area (Å²) in [6.45, 7) is 3.28. The predicted molar refractivity (Wildman–Crippen MR) is 94.2 cm³/mol. The van der Waals surface area contributed by atoms with Crippen molar-refractivity contribution >= 4 is 23.7 Å². The topological polar surface area (TPSA) is 45.2 Å². The fourth-order valence-corrected chi connectivity index (χ4v) is 2.33. The van der Waals surface area contributed by atoms with Gasteiger partial charge in [0.25, 0.3) is 0 Å². The molecule has 1 aromatic heterocycles. The zero-order valence-corrected chi connectivity index (χ0v) is 13.8. The average molecular weight is 330 g/mol. The van der Waals surface area contributed by atoms with Crippen LogP contribution in [0.15, 0.2) is 55.0 Å². The Hall–Kier alpha value is -2.33. The van der Waals surface area contributed by atoms with E-state index in [0.717, 1.165) is 12.0 Å². The molecule has 0 spiro atoms. The lowest BCUT2D eigenvalue weighted by atomic mass is 10.2. The summed E-state index contributed by atoms with van der Waals surface area (Å²) < 4.78 is 0. The number of benzene rings is 1. The maximum atomic E-state index is 12.2. The minimum atomic E-state index is -0.111. The van der Waals surface area contributed by atoms with Gasteiger partial charge in [-0.15, -0.1) is 0 Å². The third kappa shape index (κ3) is 5.75. The average Bonchev–Trinajstić information content (AvgIpc) is 2.56. The molecule has 0 saturated heterocycles. The summed E-state index contributed by atoms with van der Waals surface area (Å²) in [6.07, 6.45) is 7.80. The number of hydrogen-bond acceptors (Lipinski definition) is 2. The molecule has 0 aliphatic heterocycles. The maximum absolute atomic E-state index is 12.2. The van der Waals surface area contributed by atoms with E-state index in [1.54, 1.807) is 23.5 Å². The van der Waals surface area contributed by atoms with E-state index in [4.69, 9.17) is 11.6 Å². The Morgan fingerprint density at radius 3 is 2.78 bits per heavy atom. The Morgan fingerprint density at radius 1 is 1.30 bits per heavy atom. The van der Waals surface area contributed by atoms with E-state index >= 15 is 0 Å². The Labute approximate surface area is 141 Å². The van der Waals surface area contributed by atoms with Gasteiger partial charge in [-0.2, -0.15) is 0 Å². The van der Waals surface area contributed by atoms with Crippen molar-refractivity contribution in [2.45, 2.75) is 13.3 Å². The predicted octanol–water partition coefficient (Wildman–Crippen LogP) is 3.98. The molecule has 0 fully saturated rings. The van der Waals surface area contributed by atoms with Crippen LogP contribution in [0, 0.1) is 0 Å². The molecular formula is C18H20ClN3O. The summed E-state index contributed by atoms with van der Waals surface area (Å²) in [5.74, 6) is 0. The van der Waals surface area contributed by atoms with Crippen molar-refractivity contribution in [3.8, 4) is 0 Å². The molecule has 2 rings (SSSR count). The van der Waals surface area contributed by atoms with Crippen molar-refractivity contribution in [1.82, 2.24) is 15.2 Å². The molecule has 0 unspecified atom stereocenters. The van der Waals surface area contributed by atoms with Crippen molar-refractivity contribution in [2.24, 2.45) is 0 Å². The van der Waals surface area contributed by atoms with Crippen LogP contribution < -0.4 is 5.32 Å². The van der Waals surface area contributed by atoms with Gasteiger partial charge in [0.1, 0.15) is 0 Å². The van der Waals surface area contributed by atoms with Crippen LogP contribution in [0.25, 0.3) is 6.08 Å². The fourth-order valence-electron chi connectivity index (χ4n) is 2.13. The van der Waals surface area contributed by atoms with E-state index in [1.807, 2.05) is 49.4 Å². The van der Waals surface area contributed by atoms with E-state index in [1.165, 1.54) is 5.56 Å². The third-order valence-corrected chi connectivity index (χ3v) is 3.66. The molecule has 0 saturated carbocycles. The molecule has 120 valence electrons. The normalized spacial score (nSPS) is 10.7. The summed E-state index contributed by atoms with van der Waals surface area (Å²) in [5.41, 5.74) is 2.11. The van der Waals surface area contributed by atoms with Crippen molar-refractivity contribution in [3.05, 3.63) is 71.1 Å². The standard InChI is InChI=1S/C18H20ClN3O/c1-2-22(13-9-15-6-10-20-11-7-15)18(23)21-12-8-16-4-3-5-17(19)14-16/h3-8,10-12,14H,2,9,13H2,1H3,(H,21,23)/b12-8+. The van der Waals surface area contributed by atoms with Crippen LogP contribution >= 0.6 is 11.6 Å². The third-order valence-electron chi connectivity index (χ3n) is 3.42. The lowest BCUT2D eigenvalue weighted by molar-refractivity contribution is 0.205. The van der Waals surface area contributed by atoms with Crippen LogP contribution in [0.4, 0.5) is 4.79 Å². The number of amides is 2. The van der Waals surface area contributed by atoms with E-state index in [9.17, 15) is 4.79 Å². The Morgan fingerprint density at radius 2 is 2.09 bits per heavy atom. The molecule has 0 aliphatic carbocycles. The van der Waals surface area contributed by atoms with Gasteiger partial charge in [0, 0.05) is 36.7 Å². The van der Waals surface area contributed by atoms with Crippen LogP contribution in [0.5, 0.6) is 0 Å². The molecular weight excluding hydrogens is 310 g/mol. The molecule has 1 heterocycles. The number of rotatable bonds is 6. The van der Waals surface area contributed by atoms with Gasteiger partial charge in [0.05, 0.1) is 0 Å². The number of carbonyl (C=O) groups is 1. The SMILES string of the molecule is CCN(CCc1ccncc1)C(=O)N/C=C/c1cccc(Cl)c1. The number of nitrogens with zero attached hydrogens (tertiary/aromatic N) is 2. The monoisotopic (exact) mass is 329 g/mol. The Bertz CT molecular complexity index is 658. The number of aromatic nitrogens is 1.